The summed E-state index contributed by atoms with van der Waals surface area (Å²) >= 11 is 0. The van der Waals surface area contributed by atoms with Crippen LogP contribution in [0.15, 0.2) is 36.4 Å². The third kappa shape index (κ3) is 2.56. The molecule has 0 atom stereocenters. The van der Waals surface area contributed by atoms with Gasteiger partial charge in [0.2, 0.25) is 5.95 Å². The minimum atomic E-state index is -4.53. The molecule has 3 N–H and O–H groups in total. The third-order valence-electron chi connectivity index (χ3n) is 3.22. The van der Waals surface area contributed by atoms with Crippen molar-refractivity contribution in [1.82, 2.24) is 14.6 Å². The molecule has 0 spiro atoms. The molecule has 118 valence electrons. The van der Waals surface area contributed by atoms with Gasteiger partial charge < -0.3 is 10.8 Å². The number of rotatable bonds is 2. The van der Waals surface area contributed by atoms with Gasteiger partial charge in [-0.3, -0.25) is 0 Å². The quantitative estimate of drug-likeness (QED) is 0.756. The van der Waals surface area contributed by atoms with E-state index in [1.807, 2.05) is 0 Å². The number of anilines is 1. The summed E-state index contributed by atoms with van der Waals surface area (Å²) in [5.41, 5.74) is 4.64. The van der Waals surface area contributed by atoms with E-state index < -0.39 is 17.7 Å². The maximum absolute atomic E-state index is 12.8. The van der Waals surface area contributed by atoms with Gasteiger partial charge in [0.05, 0.1) is 5.56 Å². The average Bonchev–Trinajstić information content (AvgIpc) is 2.85. The molecule has 9 heteroatoms. The molecule has 0 fully saturated rings. The third-order valence-corrected chi connectivity index (χ3v) is 3.22. The van der Waals surface area contributed by atoms with Crippen LogP contribution in [-0.4, -0.2) is 25.7 Å². The number of pyridine rings is 1. The SMILES string of the molecule is Nc1nc2ccc(-c3cccc(C(F)(F)F)c3)c(C(=O)O)n2n1. The van der Waals surface area contributed by atoms with Gasteiger partial charge >= 0.3 is 12.1 Å². The highest BCUT2D eigenvalue weighted by atomic mass is 19.4. The van der Waals surface area contributed by atoms with E-state index in [-0.39, 0.29) is 28.4 Å². The Balaban J connectivity index is 2.28. The molecule has 3 aromatic rings. The molecule has 1 aromatic carbocycles. The molecular formula is C14H9F3N4O2. The van der Waals surface area contributed by atoms with Gasteiger partial charge in [-0.15, -0.1) is 5.10 Å². The van der Waals surface area contributed by atoms with Gasteiger partial charge in [0.1, 0.15) is 0 Å². The van der Waals surface area contributed by atoms with Gasteiger partial charge in [0, 0.05) is 5.56 Å². The molecule has 0 saturated heterocycles. The van der Waals surface area contributed by atoms with Crippen LogP contribution < -0.4 is 5.73 Å². The van der Waals surface area contributed by atoms with Crippen LogP contribution in [0, 0.1) is 0 Å². The number of hydrogen-bond acceptors (Lipinski definition) is 4. The summed E-state index contributed by atoms with van der Waals surface area (Å²) in [4.78, 5) is 15.4. The van der Waals surface area contributed by atoms with Crippen LogP contribution in [0.2, 0.25) is 0 Å². The fourth-order valence-corrected chi connectivity index (χ4v) is 2.27. The normalized spacial score (nSPS) is 11.8. The van der Waals surface area contributed by atoms with E-state index in [1.54, 1.807) is 0 Å². The Morgan fingerprint density at radius 3 is 2.61 bits per heavy atom. The fraction of sp³-hybridized carbons (Fsp3) is 0.0714. The Morgan fingerprint density at radius 2 is 1.96 bits per heavy atom. The number of carboxylic acids is 1. The van der Waals surface area contributed by atoms with Gasteiger partial charge in [-0.2, -0.15) is 18.2 Å². The number of aromatic carboxylic acids is 1. The summed E-state index contributed by atoms with van der Waals surface area (Å²) in [5.74, 6) is -1.48. The summed E-state index contributed by atoms with van der Waals surface area (Å²) in [6.45, 7) is 0. The van der Waals surface area contributed by atoms with E-state index in [2.05, 4.69) is 10.1 Å². The molecule has 0 radical (unpaired) electrons. The minimum absolute atomic E-state index is 0.0843. The zero-order chi connectivity index (χ0) is 16.8. The topological polar surface area (TPSA) is 93.5 Å². The number of alkyl halides is 3. The van der Waals surface area contributed by atoms with Crippen molar-refractivity contribution in [3.63, 3.8) is 0 Å². The van der Waals surface area contributed by atoms with E-state index in [0.717, 1.165) is 16.6 Å². The first-order chi connectivity index (χ1) is 10.8. The fourth-order valence-electron chi connectivity index (χ4n) is 2.27. The second-order valence-corrected chi connectivity index (χ2v) is 4.72. The molecule has 0 unspecified atom stereocenters. The van der Waals surface area contributed by atoms with E-state index in [9.17, 15) is 23.1 Å². The highest BCUT2D eigenvalue weighted by Crippen LogP contribution is 2.33. The predicted molar refractivity (Wildman–Crippen MR) is 74.8 cm³/mol. The van der Waals surface area contributed by atoms with Gasteiger partial charge in [-0.1, -0.05) is 12.1 Å². The Hall–Kier alpha value is -3.10. The summed E-state index contributed by atoms with van der Waals surface area (Å²) in [7, 11) is 0. The molecule has 2 aromatic heterocycles. The number of carbonyl (C=O) groups is 1. The summed E-state index contributed by atoms with van der Waals surface area (Å²) in [6.07, 6.45) is -4.53. The number of fused-ring (bicyclic) bond motifs is 1. The van der Waals surface area contributed by atoms with Crippen LogP contribution in [0.1, 0.15) is 16.1 Å². The van der Waals surface area contributed by atoms with Gasteiger partial charge in [0.15, 0.2) is 11.3 Å². The van der Waals surface area contributed by atoms with E-state index in [1.165, 1.54) is 24.3 Å². The average molecular weight is 322 g/mol. The Morgan fingerprint density at radius 1 is 1.22 bits per heavy atom. The molecule has 23 heavy (non-hydrogen) atoms. The lowest BCUT2D eigenvalue weighted by atomic mass is 10.0. The number of nitrogens with zero attached hydrogens (tertiary/aromatic N) is 3. The highest BCUT2D eigenvalue weighted by molar-refractivity contribution is 5.95. The standard InChI is InChI=1S/C14H9F3N4O2/c15-14(16,17)8-3-1-2-7(6-8)9-4-5-10-19-13(18)20-21(10)11(9)12(22)23/h1-6H,(H2,18,20)(H,22,23). The number of carboxylic acid groups (broad SMARTS) is 1. The molecule has 0 amide bonds. The number of halogens is 3. The molecule has 0 saturated carbocycles. The monoisotopic (exact) mass is 322 g/mol. The summed E-state index contributed by atoms with van der Waals surface area (Å²) < 4.78 is 39.5. The first kappa shape index (κ1) is 14.8. The molecular weight excluding hydrogens is 313 g/mol. The van der Waals surface area contributed by atoms with Crippen molar-refractivity contribution in [2.45, 2.75) is 6.18 Å². The van der Waals surface area contributed by atoms with Crippen LogP contribution in [-0.2, 0) is 6.18 Å². The molecule has 0 aliphatic carbocycles. The Bertz CT molecular complexity index is 918. The van der Waals surface area contributed by atoms with Crippen LogP contribution >= 0.6 is 0 Å². The van der Waals surface area contributed by atoms with E-state index in [0.29, 0.717) is 0 Å². The lowest BCUT2D eigenvalue weighted by Gasteiger charge is -2.11. The Kier molecular flexibility index (Phi) is 3.20. The number of aromatic nitrogens is 3. The van der Waals surface area contributed by atoms with Crippen molar-refractivity contribution in [2.24, 2.45) is 0 Å². The van der Waals surface area contributed by atoms with Crippen molar-refractivity contribution in [3.05, 3.63) is 47.7 Å². The molecule has 3 rings (SSSR count). The Labute approximate surface area is 127 Å². The molecule has 0 aliphatic heterocycles. The molecule has 2 heterocycles. The number of hydrogen-bond donors (Lipinski definition) is 2. The van der Waals surface area contributed by atoms with Gasteiger partial charge in [-0.05, 0) is 29.8 Å². The zero-order valence-corrected chi connectivity index (χ0v) is 11.4. The molecule has 6 nitrogen and oxygen atoms in total. The van der Waals surface area contributed by atoms with Crippen LogP contribution in [0.4, 0.5) is 19.1 Å². The molecule has 0 bridgehead atoms. The lowest BCUT2D eigenvalue weighted by Crippen LogP contribution is -2.10. The zero-order valence-electron chi connectivity index (χ0n) is 11.4. The minimum Gasteiger partial charge on any atom is -0.476 e. The smallest absolute Gasteiger partial charge is 0.416 e. The maximum Gasteiger partial charge on any atom is 0.416 e. The highest BCUT2D eigenvalue weighted by Gasteiger charge is 2.31. The van der Waals surface area contributed by atoms with Crippen LogP contribution in [0.5, 0.6) is 0 Å². The van der Waals surface area contributed by atoms with Crippen molar-refractivity contribution >= 4 is 17.6 Å². The second-order valence-electron chi connectivity index (χ2n) is 4.72. The molecule has 0 aliphatic rings. The summed E-state index contributed by atoms with van der Waals surface area (Å²) in [5, 5.41) is 13.2. The first-order valence-electron chi connectivity index (χ1n) is 6.33. The van der Waals surface area contributed by atoms with Crippen molar-refractivity contribution in [2.75, 3.05) is 5.73 Å². The van der Waals surface area contributed by atoms with E-state index in [4.69, 9.17) is 5.73 Å². The predicted octanol–water partition coefficient (Wildman–Crippen LogP) is 2.70. The van der Waals surface area contributed by atoms with Crippen molar-refractivity contribution in [3.8, 4) is 11.1 Å². The first-order valence-corrected chi connectivity index (χ1v) is 6.33. The van der Waals surface area contributed by atoms with E-state index >= 15 is 0 Å². The van der Waals surface area contributed by atoms with Gasteiger partial charge in [-0.25, -0.2) is 9.31 Å². The van der Waals surface area contributed by atoms with Crippen molar-refractivity contribution in [1.29, 1.82) is 0 Å². The van der Waals surface area contributed by atoms with Gasteiger partial charge in [0.25, 0.3) is 0 Å². The summed E-state index contributed by atoms with van der Waals surface area (Å²) in [6, 6.07) is 7.21. The maximum atomic E-state index is 12.8. The van der Waals surface area contributed by atoms with Crippen LogP contribution in [0.25, 0.3) is 16.8 Å². The second kappa shape index (κ2) is 4.97. The lowest BCUT2D eigenvalue weighted by molar-refractivity contribution is -0.137. The van der Waals surface area contributed by atoms with Crippen molar-refractivity contribution < 1.29 is 23.1 Å². The number of nitrogens with two attached hydrogens (primary N) is 1. The largest absolute Gasteiger partial charge is 0.476 e. The number of nitrogen functional groups attached to an aromatic ring is 1. The van der Waals surface area contributed by atoms with Crippen LogP contribution in [0.3, 0.4) is 0 Å². The number of benzene rings is 1.